The Morgan fingerprint density at radius 3 is 2.80 bits per heavy atom. The van der Waals surface area contributed by atoms with Gasteiger partial charge in [0, 0.05) is 32.6 Å². The lowest BCUT2D eigenvalue weighted by Crippen LogP contribution is -2.33. The highest BCUT2D eigenvalue weighted by Gasteiger charge is 2.20. The molecular formula is C13H18N6O. The molecule has 2 aliphatic rings. The molecule has 4 rings (SSSR count). The molecule has 0 spiro atoms. The van der Waals surface area contributed by atoms with Crippen LogP contribution in [0, 0.1) is 0 Å². The molecule has 0 aliphatic carbocycles. The quantitative estimate of drug-likeness (QED) is 0.768. The number of hydrogen-bond donors (Lipinski definition) is 2. The van der Waals surface area contributed by atoms with Crippen LogP contribution in [0.4, 0.5) is 5.95 Å². The molecule has 0 radical (unpaired) electrons. The van der Waals surface area contributed by atoms with E-state index in [2.05, 4.69) is 25.3 Å². The first-order valence-electron chi connectivity index (χ1n) is 7.29. The summed E-state index contributed by atoms with van der Waals surface area (Å²) in [4.78, 5) is 23.7. The van der Waals surface area contributed by atoms with Gasteiger partial charge < -0.3 is 10.2 Å². The van der Waals surface area contributed by atoms with Crippen molar-refractivity contribution in [2.24, 2.45) is 0 Å². The van der Waals surface area contributed by atoms with Gasteiger partial charge in [-0.25, -0.2) is 4.98 Å². The molecule has 7 nitrogen and oxygen atoms in total. The number of piperidine rings is 1. The number of hydrogen-bond acceptors (Lipinski definition) is 5. The molecule has 0 atom stereocenters. The summed E-state index contributed by atoms with van der Waals surface area (Å²) in [5.74, 6) is 1.26. The van der Waals surface area contributed by atoms with E-state index in [1.165, 1.54) is 23.8 Å². The van der Waals surface area contributed by atoms with E-state index in [0.29, 0.717) is 12.3 Å². The largest absolute Gasteiger partial charge is 0.341 e. The summed E-state index contributed by atoms with van der Waals surface area (Å²) >= 11 is 0. The minimum atomic E-state index is -0.0204. The van der Waals surface area contributed by atoms with Gasteiger partial charge >= 0.3 is 0 Å². The maximum atomic E-state index is 12.5. The van der Waals surface area contributed by atoms with Crippen LogP contribution in [0.2, 0.25) is 0 Å². The SMILES string of the molecule is O=c1c2c(nc3nc(N4CCCCC4)[nH]n13)CCNC2. The molecule has 0 unspecified atom stereocenters. The fraction of sp³-hybridized carbons (Fsp3) is 0.615. The first kappa shape index (κ1) is 11.9. The minimum absolute atomic E-state index is 0.0204. The highest BCUT2D eigenvalue weighted by atomic mass is 16.1. The third kappa shape index (κ3) is 1.81. The third-order valence-electron chi connectivity index (χ3n) is 4.16. The first-order valence-corrected chi connectivity index (χ1v) is 7.29. The van der Waals surface area contributed by atoms with Crippen molar-refractivity contribution in [1.82, 2.24) is 24.9 Å². The molecule has 2 aromatic rings. The van der Waals surface area contributed by atoms with E-state index in [1.807, 2.05) is 0 Å². The van der Waals surface area contributed by atoms with Gasteiger partial charge in [-0.05, 0) is 19.3 Å². The van der Waals surface area contributed by atoms with Crippen LogP contribution in [-0.2, 0) is 13.0 Å². The number of H-pyrrole nitrogens is 1. The highest BCUT2D eigenvalue weighted by Crippen LogP contribution is 2.16. The van der Waals surface area contributed by atoms with Gasteiger partial charge in [-0.15, -0.1) is 0 Å². The number of nitrogens with one attached hydrogen (secondary N) is 2. The number of fused-ring (bicyclic) bond motifs is 2. The number of aromatic nitrogens is 4. The van der Waals surface area contributed by atoms with Crippen molar-refractivity contribution in [3.05, 3.63) is 21.6 Å². The Morgan fingerprint density at radius 1 is 1.10 bits per heavy atom. The standard InChI is InChI=1S/C13H18N6O/c20-11-9-8-14-5-4-10(9)15-12-16-13(17-19(11)12)18-6-2-1-3-7-18/h14H,1-8H2,(H,15,16,17). The zero-order valence-corrected chi connectivity index (χ0v) is 11.4. The average Bonchev–Trinajstić information content (AvgIpc) is 2.93. The molecule has 0 saturated carbocycles. The average molecular weight is 274 g/mol. The highest BCUT2D eigenvalue weighted by molar-refractivity contribution is 5.41. The summed E-state index contributed by atoms with van der Waals surface area (Å²) in [7, 11) is 0. The summed E-state index contributed by atoms with van der Waals surface area (Å²) in [5.41, 5.74) is 1.64. The second-order valence-corrected chi connectivity index (χ2v) is 5.50. The van der Waals surface area contributed by atoms with Gasteiger partial charge in [0.25, 0.3) is 11.3 Å². The van der Waals surface area contributed by atoms with Gasteiger partial charge in [0.15, 0.2) is 0 Å². The van der Waals surface area contributed by atoms with Crippen LogP contribution >= 0.6 is 0 Å². The fourth-order valence-corrected chi connectivity index (χ4v) is 3.03. The number of rotatable bonds is 1. The van der Waals surface area contributed by atoms with Crippen molar-refractivity contribution in [3.63, 3.8) is 0 Å². The Morgan fingerprint density at radius 2 is 1.95 bits per heavy atom. The minimum Gasteiger partial charge on any atom is -0.341 e. The molecule has 0 bridgehead atoms. The van der Waals surface area contributed by atoms with Gasteiger partial charge in [0.05, 0.1) is 11.3 Å². The second-order valence-electron chi connectivity index (χ2n) is 5.50. The summed E-state index contributed by atoms with van der Waals surface area (Å²) in [6.45, 7) is 3.47. The Hall–Kier alpha value is -1.89. The molecule has 2 N–H and O–H groups in total. The zero-order valence-electron chi connectivity index (χ0n) is 11.4. The molecule has 20 heavy (non-hydrogen) atoms. The van der Waals surface area contributed by atoms with Crippen molar-refractivity contribution < 1.29 is 0 Å². The van der Waals surface area contributed by atoms with Crippen LogP contribution in [0.1, 0.15) is 30.5 Å². The van der Waals surface area contributed by atoms with E-state index in [-0.39, 0.29) is 5.56 Å². The molecule has 1 fully saturated rings. The van der Waals surface area contributed by atoms with E-state index < -0.39 is 0 Å². The summed E-state index contributed by atoms with van der Waals surface area (Å²) < 4.78 is 1.48. The van der Waals surface area contributed by atoms with Crippen LogP contribution in [0.5, 0.6) is 0 Å². The van der Waals surface area contributed by atoms with Crippen molar-refractivity contribution in [3.8, 4) is 0 Å². The summed E-state index contributed by atoms with van der Waals surface area (Å²) in [6.07, 6.45) is 4.43. The molecule has 0 aromatic carbocycles. The lowest BCUT2D eigenvalue weighted by Gasteiger charge is -2.25. The lowest BCUT2D eigenvalue weighted by atomic mass is 10.1. The van der Waals surface area contributed by atoms with Crippen molar-refractivity contribution in [1.29, 1.82) is 0 Å². The first-order chi connectivity index (χ1) is 9.83. The molecule has 2 aliphatic heterocycles. The Bertz CT molecular complexity index is 697. The van der Waals surface area contributed by atoms with Crippen LogP contribution in [-0.4, -0.2) is 39.2 Å². The zero-order chi connectivity index (χ0) is 13.5. The van der Waals surface area contributed by atoms with Crippen LogP contribution in [0.15, 0.2) is 4.79 Å². The monoisotopic (exact) mass is 274 g/mol. The van der Waals surface area contributed by atoms with Crippen molar-refractivity contribution >= 4 is 11.7 Å². The second kappa shape index (κ2) is 4.59. The number of nitrogens with zero attached hydrogens (tertiary/aromatic N) is 4. The Balaban J connectivity index is 1.82. The lowest BCUT2D eigenvalue weighted by molar-refractivity contribution is 0.567. The maximum absolute atomic E-state index is 12.5. The van der Waals surface area contributed by atoms with Crippen LogP contribution < -0.4 is 15.8 Å². The van der Waals surface area contributed by atoms with Gasteiger partial charge in [0.1, 0.15) is 0 Å². The molecule has 2 aromatic heterocycles. The number of anilines is 1. The van der Waals surface area contributed by atoms with E-state index in [0.717, 1.165) is 43.3 Å². The molecule has 1 saturated heterocycles. The normalized spacial score (nSPS) is 19.3. The van der Waals surface area contributed by atoms with Crippen LogP contribution in [0.3, 0.4) is 0 Å². The van der Waals surface area contributed by atoms with Crippen molar-refractivity contribution in [2.75, 3.05) is 24.5 Å². The number of aromatic amines is 1. The summed E-state index contributed by atoms with van der Waals surface area (Å²) in [5, 5.41) is 6.33. The van der Waals surface area contributed by atoms with Crippen LogP contribution in [0.25, 0.3) is 5.78 Å². The molecular weight excluding hydrogens is 256 g/mol. The molecule has 0 amide bonds. The van der Waals surface area contributed by atoms with Gasteiger partial charge in [-0.2, -0.15) is 9.50 Å². The molecule has 4 heterocycles. The Labute approximate surface area is 116 Å². The van der Waals surface area contributed by atoms with Gasteiger partial charge in [-0.3, -0.25) is 9.89 Å². The fourth-order valence-electron chi connectivity index (χ4n) is 3.03. The van der Waals surface area contributed by atoms with Crippen molar-refractivity contribution in [2.45, 2.75) is 32.2 Å². The Kier molecular flexibility index (Phi) is 2.73. The predicted octanol–water partition coefficient (Wildman–Crippen LogP) is 0.0536. The molecule has 106 valence electrons. The topological polar surface area (TPSA) is 78.3 Å². The van der Waals surface area contributed by atoms with E-state index in [4.69, 9.17) is 0 Å². The smallest absolute Gasteiger partial charge is 0.278 e. The van der Waals surface area contributed by atoms with Gasteiger partial charge in [-0.1, -0.05) is 0 Å². The summed E-state index contributed by atoms with van der Waals surface area (Å²) in [6, 6.07) is 0. The third-order valence-corrected chi connectivity index (χ3v) is 4.16. The predicted molar refractivity (Wildman–Crippen MR) is 75.1 cm³/mol. The molecule has 7 heteroatoms. The van der Waals surface area contributed by atoms with E-state index in [9.17, 15) is 4.79 Å². The van der Waals surface area contributed by atoms with E-state index in [1.54, 1.807) is 0 Å². The maximum Gasteiger partial charge on any atom is 0.278 e. The van der Waals surface area contributed by atoms with Gasteiger partial charge in [0.2, 0.25) is 5.95 Å². The van der Waals surface area contributed by atoms with E-state index >= 15 is 0 Å².